The van der Waals surface area contributed by atoms with Crippen LogP contribution in [0.15, 0.2) is 18.2 Å². The number of nitrogens with zero attached hydrogens (tertiary/aromatic N) is 1. The van der Waals surface area contributed by atoms with Gasteiger partial charge in [0.2, 0.25) is 0 Å². The standard InChI is InChI=1S/C18H27Cl2NO/c1-2-3-4-8-21-9-5-15(6-10-21)7-11-22-18-13-16(19)12-17(20)14-18/h12-15H,2-11H2,1H3. The fraction of sp³-hybridized carbons (Fsp3) is 0.667. The summed E-state index contributed by atoms with van der Waals surface area (Å²) >= 11 is 12.0. The molecular formula is C18H27Cl2NO. The molecule has 4 heteroatoms. The summed E-state index contributed by atoms with van der Waals surface area (Å²) in [7, 11) is 0. The number of ether oxygens (including phenoxy) is 1. The molecule has 2 nitrogen and oxygen atoms in total. The van der Waals surface area contributed by atoms with Crippen molar-refractivity contribution in [2.45, 2.75) is 45.4 Å². The van der Waals surface area contributed by atoms with E-state index >= 15 is 0 Å². The van der Waals surface area contributed by atoms with Crippen LogP contribution in [0.2, 0.25) is 10.0 Å². The summed E-state index contributed by atoms with van der Waals surface area (Å²) in [5, 5.41) is 1.26. The molecule has 1 aromatic carbocycles. The third-order valence-electron chi connectivity index (χ3n) is 4.42. The fourth-order valence-electron chi connectivity index (χ4n) is 3.04. The first kappa shape index (κ1) is 17.9. The summed E-state index contributed by atoms with van der Waals surface area (Å²) in [6, 6.07) is 5.37. The Bertz CT molecular complexity index is 424. The van der Waals surface area contributed by atoms with Gasteiger partial charge in [0.15, 0.2) is 0 Å². The van der Waals surface area contributed by atoms with E-state index in [2.05, 4.69) is 11.8 Å². The van der Waals surface area contributed by atoms with Crippen LogP contribution < -0.4 is 4.74 Å². The molecule has 1 saturated heterocycles. The molecule has 0 bridgehead atoms. The first-order valence-corrected chi connectivity index (χ1v) is 9.24. The van der Waals surface area contributed by atoms with Gasteiger partial charge in [-0.25, -0.2) is 0 Å². The summed E-state index contributed by atoms with van der Waals surface area (Å²) in [5.74, 6) is 1.56. The van der Waals surface area contributed by atoms with E-state index in [0.717, 1.165) is 24.7 Å². The maximum Gasteiger partial charge on any atom is 0.122 e. The van der Waals surface area contributed by atoms with E-state index < -0.39 is 0 Å². The molecule has 0 spiro atoms. The second kappa shape index (κ2) is 9.64. The third kappa shape index (κ3) is 6.36. The van der Waals surface area contributed by atoms with E-state index in [4.69, 9.17) is 27.9 Å². The van der Waals surface area contributed by atoms with Crippen LogP contribution >= 0.6 is 23.2 Å². The van der Waals surface area contributed by atoms with Crippen molar-refractivity contribution in [1.82, 2.24) is 4.90 Å². The van der Waals surface area contributed by atoms with Crippen molar-refractivity contribution in [3.8, 4) is 5.75 Å². The molecule has 0 atom stereocenters. The monoisotopic (exact) mass is 343 g/mol. The Hall–Kier alpha value is -0.440. The number of hydrogen-bond acceptors (Lipinski definition) is 2. The van der Waals surface area contributed by atoms with E-state index in [9.17, 15) is 0 Å². The van der Waals surface area contributed by atoms with E-state index in [0.29, 0.717) is 10.0 Å². The van der Waals surface area contributed by atoms with Gasteiger partial charge in [-0.2, -0.15) is 0 Å². The predicted octanol–water partition coefficient (Wildman–Crippen LogP) is 5.66. The molecule has 0 amide bonds. The normalized spacial score (nSPS) is 16.9. The summed E-state index contributed by atoms with van der Waals surface area (Å²) in [5.41, 5.74) is 0. The van der Waals surface area contributed by atoms with Crippen LogP contribution in [0.25, 0.3) is 0 Å². The lowest BCUT2D eigenvalue weighted by Gasteiger charge is -2.31. The third-order valence-corrected chi connectivity index (χ3v) is 4.85. The highest BCUT2D eigenvalue weighted by Crippen LogP contribution is 2.25. The number of halogens is 2. The highest BCUT2D eigenvalue weighted by molar-refractivity contribution is 6.34. The maximum absolute atomic E-state index is 5.98. The Morgan fingerprint density at radius 2 is 1.77 bits per heavy atom. The Labute approximate surface area is 144 Å². The van der Waals surface area contributed by atoms with Crippen molar-refractivity contribution in [3.63, 3.8) is 0 Å². The van der Waals surface area contributed by atoms with Crippen LogP contribution in [0.3, 0.4) is 0 Å². The van der Waals surface area contributed by atoms with Crippen molar-refractivity contribution in [3.05, 3.63) is 28.2 Å². The van der Waals surface area contributed by atoms with E-state index in [1.165, 1.54) is 51.7 Å². The molecule has 124 valence electrons. The Morgan fingerprint density at radius 3 is 2.41 bits per heavy atom. The van der Waals surface area contributed by atoms with E-state index in [-0.39, 0.29) is 0 Å². The van der Waals surface area contributed by atoms with E-state index in [1.807, 2.05) is 12.1 Å². The second-order valence-electron chi connectivity index (χ2n) is 6.23. The zero-order valence-electron chi connectivity index (χ0n) is 13.5. The molecule has 1 heterocycles. The molecule has 1 aliphatic rings. The molecule has 0 aliphatic carbocycles. The fourth-order valence-corrected chi connectivity index (χ4v) is 3.55. The average molecular weight is 344 g/mol. The molecule has 1 aliphatic heterocycles. The molecule has 1 fully saturated rings. The van der Waals surface area contributed by atoms with Gasteiger partial charge in [-0.1, -0.05) is 43.0 Å². The highest BCUT2D eigenvalue weighted by atomic mass is 35.5. The average Bonchev–Trinajstić information content (AvgIpc) is 2.48. The van der Waals surface area contributed by atoms with Gasteiger partial charge in [0.25, 0.3) is 0 Å². The lowest BCUT2D eigenvalue weighted by atomic mass is 9.94. The number of benzene rings is 1. The molecular weight excluding hydrogens is 317 g/mol. The smallest absolute Gasteiger partial charge is 0.122 e. The van der Waals surface area contributed by atoms with Crippen molar-refractivity contribution < 1.29 is 4.74 Å². The first-order valence-electron chi connectivity index (χ1n) is 8.48. The minimum Gasteiger partial charge on any atom is -0.493 e. The van der Waals surface area contributed by atoms with Crippen LogP contribution in [0.5, 0.6) is 5.75 Å². The van der Waals surface area contributed by atoms with Gasteiger partial charge in [0.1, 0.15) is 5.75 Å². The quantitative estimate of drug-likeness (QED) is 0.564. The zero-order valence-corrected chi connectivity index (χ0v) is 15.0. The summed E-state index contributed by atoms with van der Waals surface area (Å²) in [4.78, 5) is 2.61. The summed E-state index contributed by atoms with van der Waals surface area (Å²) in [6.45, 7) is 6.78. The van der Waals surface area contributed by atoms with Crippen LogP contribution in [0.1, 0.15) is 45.4 Å². The van der Waals surface area contributed by atoms with Gasteiger partial charge in [-0.15, -0.1) is 0 Å². The topological polar surface area (TPSA) is 12.5 Å². The first-order chi connectivity index (χ1) is 10.7. The minimum absolute atomic E-state index is 0.628. The number of rotatable bonds is 8. The SMILES string of the molecule is CCCCCN1CCC(CCOc2cc(Cl)cc(Cl)c2)CC1. The molecule has 0 saturated carbocycles. The van der Waals surface area contributed by atoms with Crippen LogP contribution in [0, 0.1) is 5.92 Å². The maximum atomic E-state index is 5.98. The number of unbranched alkanes of at least 4 members (excludes halogenated alkanes) is 2. The molecule has 0 unspecified atom stereocenters. The van der Waals surface area contributed by atoms with Crippen molar-refractivity contribution in [2.75, 3.05) is 26.2 Å². The zero-order chi connectivity index (χ0) is 15.8. The number of hydrogen-bond donors (Lipinski definition) is 0. The van der Waals surface area contributed by atoms with Crippen molar-refractivity contribution >= 4 is 23.2 Å². The van der Waals surface area contributed by atoms with Crippen molar-refractivity contribution in [2.24, 2.45) is 5.92 Å². The molecule has 0 aromatic heterocycles. The second-order valence-corrected chi connectivity index (χ2v) is 7.11. The van der Waals surface area contributed by atoms with Gasteiger partial charge < -0.3 is 9.64 Å². The Kier molecular flexibility index (Phi) is 7.85. The van der Waals surface area contributed by atoms with Gasteiger partial charge in [-0.05, 0) is 69.4 Å². The largest absolute Gasteiger partial charge is 0.493 e. The van der Waals surface area contributed by atoms with Crippen LogP contribution in [-0.2, 0) is 0 Å². The van der Waals surface area contributed by atoms with Gasteiger partial charge in [-0.3, -0.25) is 0 Å². The molecule has 1 aromatic rings. The molecule has 2 rings (SSSR count). The van der Waals surface area contributed by atoms with Crippen LogP contribution in [-0.4, -0.2) is 31.1 Å². The van der Waals surface area contributed by atoms with Gasteiger partial charge in [0, 0.05) is 10.0 Å². The Morgan fingerprint density at radius 1 is 1.09 bits per heavy atom. The van der Waals surface area contributed by atoms with Crippen molar-refractivity contribution in [1.29, 1.82) is 0 Å². The number of piperidine rings is 1. The summed E-state index contributed by atoms with van der Waals surface area (Å²) in [6.07, 6.45) is 7.72. The van der Waals surface area contributed by atoms with Crippen LogP contribution in [0.4, 0.5) is 0 Å². The van der Waals surface area contributed by atoms with Gasteiger partial charge in [0.05, 0.1) is 6.61 Å². The lowest BCUT2D eigenvalue weighted by molar-refractivity contribution is 0.161. The molecule has 0 N–H and O–H groups in total. The lowest BCUT2D eigenvalue weighted by Crippen LogP contribution is -2.34. The predicted molar refractivity (Wildman–Crippen MR) is 95.3 cm³/mol. The minimum atomic E-state index is 0.628. The Balaban J connectivity index is 1.62. The number of likely N-dealkylation sites (tertiary alicyclic amines) is 1. The molecule has 0 radical (unpaired) electrons. The highest BCUT2D eigenvalue weighted by Gasteiger charge is 2.18. The van der Waals surface area contributed by atoms with E-state index in [1.54, 1.807) is 6.07 Å². The molecule has 22 heavy (non-hydrogen) atoms. The van der Waals surface area contributed by atoms with Gasteiger partial charge >= 0.3 is 0 Å². The summed E-state index contributed by atoms with van der Waals surface area (Å²) < 4.78 is 5.79.